The largest absolute Gasteiger partial charge is 0.467 e. The van der Waals surface area contributed by atoms with Gasteiger partial charge in [-0.25, -0.2) is 15.0 Å². The molecule has 1 aromatic carbocycles. The second kappa shape index (κ2) is 10.2. The van der Waals surface area contributed by atoms with Crippen LogP contribution in [0.15, 0.2) is 66.2 Å². The molecule has 0 bridgehead atoms. The average Bonchev–Trinajstić information content (AvgIpc) is 3.30. The van der Waals surface area contributed by atoms with Crippen molar-refractivity contribution < 1.29 is 13.8 Å². The molecule has 3 aromatic heterocycles. The minimum atomic E-state index is -2.73. The van der Waals surface area contributed by atoms with Crippen molar-refractivity contribution in [3.63, 3.8) is 0 Å². The first-order valence-electron chi connectivity index (χ1n) is 11.9. The number of fused-ring (bicyclic) bond motifs is 1. The van der Waals surface area contributed by atoms with Gasteiger partial charge in [0.2, 0.25) is 0 Å². The third-order valence-electron chi connectivity index (χ3n) is 6.65. The molecular formula is C27H30N4O3S2. The molecule has 1 unspecified atom stereocenters. The number of hydrogen-bond acceptors (Lipinski definition) is 8. The molecule has 4 heterocycles. The zero-order valence-corrected chi connectivity index (χ0v) is 22.0. The normalized spacial score (nSPS) is 16.2. The Kier molecular flexibility index (Phi) is 6.98. The summed E-state index contributed by atoms with van der Waals surface area (Å²) in [6, 6.07) is 15.2. The van der Waals surface area contributed by atoms with Gasteiger partial charge in [0.05, 0.1) is 10.6 Å². The van der Waals surface area contributed by atoms with Crippen molar-refractivity contribution in [2.24, 2.45) is 5.92 Å². The van der Waals surface area contributed by atoms with Crippen LogP contribution in [-0.4, -0.2) is 49.5 Å². The van der Waals surface area contributed by atoms with Crippen LogP contribution in [0.2, 0.25) is 0 Å². The molecule has 0 aliphatic carbocycles. The van der Waals surface area contributed by atoms with Gasteiger partial charge in [-0.1, -0.05) is 36.1 Å². The molecule has 5 rings (SSSR count). The molecule has 4 aromatic rings. The molecule has 0 saturated carbocycles. The highest BCUT2D eigenvalue weighted by atomic mass is 32.3. The Morgan fingerprint density at radius 1 is 1.08 bits per heavy atom. The zero-order valence-electron chi connectivity index (χ0n) is 20.4. The fourth-order valence-corrected chi connectivity index (χ4v) is 5.97. The van der Waals surface area contributed by atoms with E-state index in [4.69, 9.17) is 9.72 Å². The summed E-state index contributed by atoms with van der Waals surface area (Å²) >= 11 is 1.46. The molecule has 1 aliphatic rings. The van der Waals surface area contributed by atoms with E-state index in [1.54, 1.807) is 12.1 Å². The smallest absolute Gasteiger partial charge is 0.276 e. The molecule has 36 heavy (non-hydrogen) atoms. The summed E-state index contributed by atoms with van der Waals surface area (Å²) in [4.78, 5) is 17.7. The number of hydrogen-bond donors (Lipinski definition) is 2. The highest BCUT2D eigenvalue weighted by Gasteiger charge is 2.26. The topological polar surface area (TPSA) is 91.6 Å². The minimum Gasteiger partial charge on any atom is -0.467 e. The van der Waals surface area contributed by atoms with Gasteiger partial charge in [-0.15, -0.1) is 0 Å². The van der Waals surface area contributed by atoms with Crippen LogP contribution in [-0.2, 0) is 0 Å². The highest BCUT2D eigenvalue weighted by Crippen LogP contribution is 2.44. The minimum absolute atomic E-state index is 0.0598. The molecule has 1 saturated heterocycles. The Labute approximate surface area is 216 Å². The Morgan fingerprint density at radius 2 is 1.83 bits per heavy atom. The van der Waals surface area contributed by atoms with E-state index >= 15 is 0 Å². The van der Waals surface area contributed by atoms with Crippen LogP contribution in [0.4, 0.5) is 5.82 Å². The number of nitrogens with zero attached hydrogens (tertiary/aromatic N) is 4. The van der Waals surface area contributed by atoms with Gasteiger partial charge in [0.1, 0.15) is 22.3 Å². The van der Waals surface area contributed by atoms with E-state index in [1.807, 2.05) is 36.5 Å². The Hall–Kier alpha value is -2.98. The van der Waals surface area contributed by atoms with E-state index in [1.165, 1.54) is 17.6 Å². The summed E-state index contributed by atoms with van der Waals surface area (Å²) in [5.74, 6) is 1.46. The van der Waals surface area contributed by atoms with Crippen LogP contribution in [0.5, 0.6) is 5.19 Å². The monoisotopic (exact) mass is 522 g/mol. The number of thiazole rings is 1. The predicted molar refractivity (Wildman–Crippen MR) is 149 cm³/mol. The fraction of sp³-hybridized carbons (Fsp3) is 0.296. The van der Waals surface area contributed by atoms with Crippen LogP contribution in [0.3, 0.4) is 0 Å². The number of ether oxygens (including phenoxy) is 1. The second-order valence-electron chi connectivity index (χ2n) is 9.16. The van der Waals surface area contributed by atoms with Gasteiger partial charge >= 0.3 is 0 Å². The molecule has 9 heteroatoms. The van der Waals surface area contributed by atoms with Crippen molar-refractivity contribution in [3.8, 4) is 16.5 Å². The second-order valence-corrected chi connectivity index (χ2v) is 12.2. The van der Waals surface area contributed by atoms with Crippen molar-refractivity contribution in [1.82, 2.24) is 15.0 Å². The number of anilines is 1. The lowest BCUT2D eigenvalue weighted by molar-refractivity contribution is 0.132. The summed E-state index contributed by atoms with van der Waals surface area (Å²) in [7, 11) is -2.73. The van der Waals surface area contributed by atoms with Crippen molar-refractivity contribution in [2.45, 2.75) is 30.8 Å². The Morgan fingerprint density at radius 3 is 2.47 bits per heavy atom. The van der Waals surface area contributed by atoms with Gasteiger partial charge in [-0.05, 0) is 67.6 Å². The molecular weight excluding hydrogens is 492 g/mol. The fourth-order valence-electron chi connectivity index (χ4n) is 4.45. The van der Waals surface area contributed by atoms with Crippen molar-refractivity contribution in [1.29, 1.82) is 0 Å². The molecule has 1 fully saturated rings. The molecule has 2 N–H and O–H groups in total. The van der Waals surface area contributed by atoms with Gasteiger partial charge in [0, 0.05) is 31.1 Å². The maximum absolute atomic E-state index is 9.84. The number of rotatable bonds is 7. The van der Waals surface area contributed by atoms with Crippen LogP contribution >= 0.6 is 21.9 Å². The standard InChI is InChI=1S/C27H30N4O3S2/c1-4-19-5-12-25(28-17-19)31-15-13-20(14-16-31)18(2)34-27-30-24-11-10-23(29-26(24)35-27)21-6-8-22(9-7-21)36(3,32)33/h4-12,17-18,20,32-33H,1,13-16H2,2-3H3. The first kappa shape index (κ1) is 24.7. The van der Waals surface area contributed by atoms with Crippen molar-refractivity contribution in [3.05, 3.63) is 66.9 Å². The molecule has 1 aliphatic heterocycles. The van der Waals surface area contributed by atoms with E-state index in [-0.39, 0.29) is 6.10 Å². The predicted octanol–water partition coefficient (Wildman–Crippen LogP) is 6.82. The summed E-state index contributed by atoms with van der Waals surface area (Å²) in [6.45, 7) is 7.82. The van der Waals surface area contributed by atoms with Gasteiger partial charge in [-0.3, -0.25) is 9.11 Å². The lowest BCUT2D eigenvalue weighted by atomic mass is 9.92. The number of aromatic nitrogens is 3. The van der Waals surface area contributed by atoms with Crippen molar-refractivity contribution >= 4 is 44.2 Å². The molecule has 0 radical (unpaired) electrons. The van der Waals surface area contributed by atoms with Gasteiger partial charge in [0.15, 0.2) is 0 Å². The van der Waals surface area contributed by atoms with Crippen LogP contribution in [0.1, 0.15) is 25.3 Å². The SMILES string of the molecule is C=Cc1ccc(N2CCC(C(C)Oc3nc4ccc(-c5ccc(S(C)(O)O)cc5)nc4s3)CC2)nc1. The van der Waals surface area contributed by atoms with E-state index < -0.39 is 10.6 Å². The quantitative estimate of drug-likeness (QED) is 0.275. The maximum atomic E-state index is 9.84. The molecule has 0 spiro atoms. The maximum Gasteiger partial charge on any atom is 0.276 e. The van der Waals surface area contributed by atoms with E-state index in [0.717, 1.165) is 58.9 Å². The lowest BCUT2D eigenvalue weighted by Crippen LogP contribution is -2.39. The average molecular weight is 523 g/mol. The number of benzene rings is 1. The summed E-state index contributed by atoms with van der Waals surface area (Å²) < 4.78 is 26.0. The van der Waals surface area contributed by atoms with Gasteiger partial charge in [0.25, 0.3) is 5.19 Å². The molecule has 188 valence electrons. The van der Waals surface area contributed by atoms with E-state index in [0.29, 0.717) is 16.0 Å². The Bertz CT molecular complexity index is 1340. The van der Waals surface area contributed by atoms with E-state index in [9.17, 15) is 9.11 Å². The van der Waals surface area contributed by atoms with Crippen molar-refractivity contribution in [2.75, 3.05) is 24.2 Å². The summed E-state index contributed by atoms with van der Waals surface area (Å²) in [5.41, 5.74) is 3.57. The number of piperidine rings is 1. The molecule has 0 amide bonds. The number of pyridine rings is 2. The zero-order chi connectivity index (χ0) is 25.3. The van der Waals surface area contributed by atoms with Gasteiger partial charge in [-0.2, -0.15) is 10.6 Å². The van der Waals surface area contributed by atoms with Crippen LogP contribution in [0.25, 0.3) is 27.7 Å². The third-order valence-corrected chi connectivity index (χ3v) is 8.67. The first-order valence-corrected chi connectivity index (χ1v) is 14.7. The lowest BCUT2D eigenvalue weighted by Gasteiger charge is -2.35. The highest BCUT2D eigenvalue weighted by molar-refractivity contribution is 8.23. The van der Waals surface area contributed by atoms with E-state index in [2.05, 4.69) is 40.5 Å². The molecule has 7 nitrogen and oxygen atoms in total. The summed E-state index contributed by atoms with van der Waals surface area (Å²) in [6.07, 6.45) is 7.24. The Balaban J connectivity index is 1.22. The molecule has 1 atom stereocenters. The van der Waals surface area contributed by atoms with Crippen LogP contribution < -0.4 is 9.64 Å². The van der Waals surface area contributed by atoms with Crippen LogP contribution in [0, 0.1) is 5.92 Å². The van der Waals surface area contributed by atoms with Gasteiger partial charge < -0.3 is 9.64 Å². The first-order chi connectivity index (χ1) is 17.3. The summed E-state index contributed by atoms with van der Waals surface area (Å²) in [5, 5.41) is 0.640. The third kappa shape index (κ3) is 5.39.